The molecule has 96 valence electrons. The quantitative estimate of drug-likeness (QED) is 0.517. The molecule has 0 atom stereocenters. The second kappa shape index (κ2) is 8.29. The smallest absolute Gasteiger partial charge is 0.218 e. The first-order valence-corrected chi connectivity index (χ1v) is 6.74. The van der Waals surface area contributed by atoms with Crippen LogP contribution in [0.1, 0.15) is 51.3 Å². The van der Waals surface area contributed by atoms with Crippen molar-refractivity contribution < 1.29 is 4.74 Å². The summed E-state index contributed by atoms with van der Waals surface area (Å²) in [6.07, 6.45) is 7.54. The normalized spacial score (nSPS) is 10.5. The van der Waals surface area contributed by atoms with Gasteiger partial charge in [-0.3, -0.25) is 0 Å². The fourth-order valence-electron chi connectivity index (χ4n) is 1.64. The molecule has 0 saturated heterocycles. The summed E-state index contributed by atoms with van der Waals surface area (Å²) in [5.41, 5.74) is 0. The van der Waals surface area contributed by atoms with E-state index in [0.29, 0.717) is 23.5 Å². The zero-order valence-electron chi connectivity index (χ0n) is 10.7. The molecule has 17 heavy (non-hydrogen) atoms. The van der Waals surface area contributed by atoms with E-state index in [1.54, 1.807) is 6.07 Å². The molecule has 0 aliphatic carbocycles. The Morgan fingerprint density at radius 1 is 1.12 bits per heavy atom. The molecule has 3 nitrogen and oxygen atoms in total. The van der Waals surface area contributed by atoms with Crippen molar-refractivity contribution in [2.45, 2.75) is 52.4 Å². The molecule has 1 heterocycles. The van der Waals surface area contributed by atoms with Crippen LogP contribution in [0.2, 0.25) is 5.15 Å². The summed E-state index contributed by atoms with van der Waals surface area (Å²) < 4.78 is 5.54. The van der Waals surface area contributed by atoms with Crippen LogP contribution in [0, 0.1) is 6.92 Å². The van der Waals surface area contributed by atoms with Gasteiger partial charge in [-0.05, 0) is 13.3 Å². The summed E-state index contributed by atoms with van der Waals surface area (Å²) in [5, 5.41) is 0.440. The summed E-state index contributed by atoms with van der Waals surface area (Å²) in [7, 11) is 0. The Morgan fingerprint density at radius 2 is 1.82 bits per heavy atom. The van der Waals surface area contributed by atoms with E-state index < -0.39 is 0 Å². The predicted octanol–water partition coefficient (Wildman–Crippen LogP) is 4.18. The Morgan fingerprint density at radius 3 is 2.53 bits per heavy atom. The molecule has 0 aliphatic heterocycles. The Kier molecular flexibility index (Phi) is 6.94. The van der Waals surface area contributed by atoms with Gasteiger partial charge in [0.1, 0.15) is 11.0 Å². The Labute approximate surface area is 109 Å². The van der Waals surface area contributed by atoms with Crippen LogP contribution in [0.3, 0.4) is 0 Å². The minimum absolute atomic E-state index is 0.440. The van der Waals surface area contributed by atoms with Gasteiger partial charge in [0.25, 0.3) is 0 Å². The highest BCUT2D eigenvalue weighted by Gasteiger charge is 2.00. The fourth-order valence-corrected chi connectivity index (χ4v) is 1.85. The zero-order valence-corrected chi connectivity index (χ0v) is 11.5. The van der Waals surface area contributed by atoms with Crippen molar-refractivity contribution in [1.82, 2.24) is 9.97 Å². The van der Waals surface area contributed by atoms with Gasteiger partial charge >= 0.3 is 0 Å². The number of halogens is 1. The summed E-state index contributed by atoms with van der Waals surface area (Å²) in [4.78, 5) is 8.15. The van der Waals surface area contributed by atoms with Crippen LogP contribution in [-0.2, 0) is 0 Å². The van der Waals surface area contributed by atoms with Crippen molar-refractivity contribution in [2.24, 2.45) is 0 Å². The molecule has 0 fully saturated rings. The third-order valence-electron chi connectivity index (χ3n) is 2.53. The molecule has 0 amide bonds. The molecule has 0 aromatic carbocycles. The van der Waals surface area contributed by atoms with E-state index in [4.69, 9.17) is 16.3 Å². The zero-order chi connectivity index (χ0) is 12.5. The van der Waals surface area contributed by atoms with E-state index in [9.17, 15) is 0 Å². The summed E-state index contributed by atoms with van der Waals surface area (Å²) in [5.74, 6) is 1.23. The van der Waals surface area contributed by atoms with Crippen LogP contribution >= 0.6 is 11.6 Å². The van der Waals surface area contributed by atoms with E-state index in [1.165, 1.54) is 32.1 Å². The first kappa shape index (κ1) is 14.2. The average Bonchev–Trinajstić information content (AvgIpc) is 2.26. The van der Waals surface area contributed by atoms with Crippen molar-refractivity contribution in [3.05, 3.63) is 17.0 Å². The number of ether oxygens (including phenoxy) is 1. The van der Waals surface area contributed by atoms with Crippen LogP contribution in [0.25, 0.3) is 0 Å². The highest BCUT2D eigenvalue weighted by Crippen LogP contribution is 2.14. The number of aromatic nitrogens is 2. The Hall–Kier alpha value is -0.830. The van der Waals surface area contributed by atoms with E-state index in [-0.39, 0.29) is 0 Å². The third kappa shape index (κ3) is 6.47. The molecule has 0 aliphatic rings. The van der Waals surface area contributed by atoms with Crippen molar-refractivity contribution >= 4 is 11.6 Å². The van der Waals surface area contributed by atoms with Crippen LogP contribution in [0.5, 0.6) is 5.88 Å². The maximum atomic E-state index is 5.82. The second-order valence-corrected chi connectivity index (χ2v) is 4.58. The molecule has 4 heteroatoms. The lowest BCUT2D eigenvalue weighted by Crippen LogP contribution is -2.01. The number of hydrogen-bond donors (Lipinski definition) is 0. The monoisotopic (exact) mass is 256 g/mol. The summed E-state index contributed by atoms with van der Waals surface area (Å²) in [6, 6.07) is 1.66. The molecule has 1 aromatic rings. The van der Waals surface area contributed by atoms with Gasteiger partial charge in [0.05, 0.1) is 6.61 Å². The first-order chi connectivity index (χ1) is 8.22. The van der Waals surface area contributed by atoms with Gasteiger partial charge in [-0.2, -0.15) is 4.98 Å². The maximum absolute atomic E-state index is 5.82. The molecular formula is C13H21ClN2O. The van der Waals surface area contributed by atoms with Gasteiger partial charge in [-0.25, -0.2) is 4.98 Å². The van der Waals surface area contributed by atoms with Crippen LogP contribution in [0.4, 0.5) is 0 Å². The molecular weight excluding hydrogens is 236 g/mol. The van der Waals surface area contributed by atoms with Crippen LogP contribution in [0.15, 0.2) is 6.07 Å². The Bertz CT molecular complexity index is 311. The number of hydrogen-bond acceptors (Lipinski definition) is 3. The molecule has 1 aromatic heterocycles. The minimum Gasteiger partial charge on any atom is -0.478 e. The average molecular weight is 257 g/mol. The number of rotatable bonds is 8. The van der Waals surface area contributed by atoms with Crippen molar-refractivity contribution in [3.8, 4) is 5.88 Å². The number of unbranched alkanes of at least 4 members (excludes halogenated alkanes) is 5. The highest BCUT2D eigenvalue weighted by molar-refractivity contribution is 6.29. The van der Waals surface area contributed by atoms with Crippen molar-refractivity contribution in [1.29, 1.82) is 0 Å². The van der Waals surface area contributed by atoms with Gasteiger partial charge in [0.15, 0.2) is 0 Å². The molecule has 0 bridgehead atoms. The molecule has 0 unspecified atom stereocenters. The largest absolute Gasteiger partial charge is 0.478 e. The second-order valence-electron chi connectivity index (χ2n) is 4.19. The lowest BCUT2D eigenvalue weighted by Gasteiger charge is -2.06. The lowest BCUT2D eigenvalue weighted by molar-refractivity contribution is 0.292. The van der Waals surface area contributed by atoms with Gasteiger partial charge in [0.2, 0.25) is 5.88 Å². The minimum atomic E-state index is 0.440. The summed E-state index contributed by atoms with van der Waals surface area (Å²) in [6.45, 7) is 4.74. The van der Waals surface area contributed by atoms with Crippen LogP contribution in [-0.4, -0.2) is 16.6 Å². The maximum Gasteiger partial charge on any atom is 0.218 e. The lowest BCUT2D eigenvalue weighted by atomic mass is 10.1. The van der Waals surface area contributed by atoms with Gasteiger partial charge in [0, 0.05) is 6.07 Å². The highest BCUT2D eigenvalue weighted by atomic mass is 35.5. The molecule has 0 N–H and O–H groups in total. The van der Waals surface area contributed by atoms with E-state index in [2.05, 4.69) is 16.9 Å². The van der Waals surface area contributed by atoms with E-state index >= 15 is 0 Å². The van der Waals surface area contributed by atoms with Gasteiger partial charge < -0.3 is 4.74 Å². The fraction of sp³-hybridized carbons (Fsp3) is 0.692. The Balaban J connectivity index is 2.13. The summed E-state index contributed by atoms with van der Waals surface area (Å²) >= 11 is 5.82. The molecule has 0 spiro atoms. The molecule has 0 radical (unpaired) electrons. The molecule has 0 saturated carbocycles. The van der Waals surface area contributed by atoms with Gasteiger partial charge in [-0.15, -0.1) is 0 Å². The van der Waals surface area contributed by atoms with Crippen molar-refractivity contribution in [3.63, 3.8) is 0 Å². The van der Waals surface area contributed by atoms with Crippen molar-refractivity contribution in [2.75, 3.05) is 6.61 Å². The topological polar surface area (TPSA) is 35.0 Å². The van der Waals surface area contributed by atoms with Crippen LogP contribution < -0.4 is 4.74 Å². The van der Waals surface area contributed by atoms with Gasteiger partial charge in [-0.1, -0.05) is 50.6 Å². The first-order valence-electron chi connectivity index (χ1n) is 6.36. The number of aryl methyl sites for hydroxylation is 1. The third-order valence-corrected chi connectivity index (χ3v) is 2.72. The molecule has 1 rings (SSSR count). The predicted molar refractivity (Wildman–Crippen MR) is 70.7 cm³/mol. The number of nitrogens with zero attached hydrogens (tertiary/aromatic N) is 2. The van der Waals surface area contributed by atoms with E-state index in [1.807, 2.05) is 6.92 Å². The SMILES string of the molecule is CCCCCCCCOc1cc(Cl)nc(C)n1. The standard InChI is InChI=1S/C13H21ClN2O/c1-3-4-5-6-7-8-9-17-13-10-12(14)15-11(2)16-13/h10H,3-9H2,1-2H3. The van der Waals surface area contributed by atoms with E-state index in [0.717, 1.165) is 6.42 Å².